The zero-order chi connectivity index (χ0) is 19.5. The van der Waals surface area contributed by atoms with Crippen molar-refractivity contribution in [2.75, 3.05) is 39.3 Å². The molecule has 1 aromatic heterocycles. The Morgan fingerprint density at radius 1 is 1.25 bits per heavy atom. The van der Waals surface area contributed by atoms with Crippen LogP contribution in [0.3, 0.4) is 0 Å². The van der Waals surface area contributed by atoms with Crippen LogP contribution < -0.4 is 5.32 Å². The quantitative estimate of drug-likeness (QED) is 0.808. The van der Waals surface area contributed by atoms with E-state index in [1.165, 1.54) is 6.39 Å². The molecule has 2 heterocycles. The molecule has 1 aromatic carbocycles. The molecule has 8 heteroatoms. The number of carbonyl (C=O) groups is 2. The van der Waals surface area contributed by atoms with Crippen molar-refractivity contribution in [1.82, 2.24) is 25.3 Å². The Bertz CT molecular complexity index is 830. The summed E-state index contributed by atoms with van der Waals surface area (Å²) in [7, 11) is 0. The highest BCUT2D eigenvalue weighted by Gasteiger charge is 2.38. The summed E-state index contributed by atoms with van der Waals surface area (Å²) in [6.07, 6.45) is 2.29. The van der Waals surface area contributed by atoms with Gasteiger partial charge in [-0.1, -0.05) is 13.0 Å². The zero-order valence-electron chi connectivity index (χ0n) is 16.0. The highest BCUT2D eigenvalue weighted by atomic mass is 16.4. The normalized spacial score (nSPS) is 22.1. The average Bonchev–Trinajstić information content (AvgIpc) is 3.22. The molecule has 1 saturated carbocycles. The van der Waals surface area contributed by atoms with Crippen LogP contribution in [0.15, 0.2) is 35.1 Å². The van der Waals surface area contributed by atoms with E-state index in [9.17, 15) is 9.59 Å². The van der Waals surface area contributed by atoms with Crippen molar-refractivity contribution in [2.24, 2.45) is 11.8 Å². The summed E-state index contributed by atoms with van der Waals surface area (Å²) < 4.78 is 5.21. The first-order valence-electron chi connectivity index (χ1n) is 9.78. The van der Waals surface area contributed by atoms with Gasteiger partial charge in [0.25, 0.3) is 5.91 Å². The van der Waals surface area contributed by atoms with Gasteiger partial charge in [0, 0.05) is 56.3 Å². The topological polar surface area (TPSA) is 91.6 Å². The maximum Gasteiger partial charge on any atom is 0.253 e. The third-order valence-electron chi connectivity index (χ3n) is 5.55. The van der Waals surface area contributed by atoms with Crippen molar-refractivity contribution >= 4 is 11.8 Å². The smallest absolute Gasteiger partial charge is 0.253 e. The predicted molar refractivity (Wildman–Crippen MR) is 102 cm³/mol. The molecule has 0 bridgehead atoms. The lowest BCUT2D eigenvalue weighted by molar-refractivity contribution is -0.122. The Labute approximate surface area is 163 Å². The van der Waals surface area contributed by atoms with Crippen LogP contribution in [-0.4, -0.2) is 71.1 Å². The Kier molecular flexibility index (Phi) is 5.38. The first-order valence-corrected chi connectivity index (χ1v) is 9.78. The molecular formula is C20H25N5O3. The minimum Gasteiger partial charge on any atom is -0.423 e. The fourth-order valence-corrected chi connectivity index (χ4v) is 3.60. The van der Waals surface area contributed by atoms with Crippen LogP contribution in [0.4, 0.5) is 0 Å². The van der Waals surface area contributed by atoms with E-state index in [0.29, 0.717) is 37.0 Å². The maximum atomic E-state index is 12.8. The number of aromatic nitrogens is 2. The van der Waals surface area contributed by atoms with Gasteiger partial charge in [-0.2, -0.15) is 0 Å². The fraction of sp³-hybridized carbons (Fsp3) is 0.500. The number of benzene rings is 1. The molecule has 2 fully saturated rings. The minimum atomic E-state index is 0.0111. The van der Waals surface area contributed by atoms with E-state index in [1.54, 1.807) is 6.07 Å². The van der Waals surface area contributed by atoms with Crippen LogP contribution in [0.2, 0.25) is 0 Å². The molecule has 28 heavy (non-hydrogen) atoms. The summed E-state index contributed by atoms with van der Waals surface area (Å²) in [5.41, 5.74) is 1.36. The second-order valence-corrected chi connectivity index (χ2v) is 7.57. The number of piperazine rings is 1. The number of amides is 2. The van der Waals surface area contributed by atoms with E-state index in [-0.39, 0.29) is 17.7 Å². The molecule has 4 rings (SSSR count). The third-order valence-corrected chi connectivity index (χ3v) is 5.55. The Morgan fingerprint density at radius 3 is 2.71 bits per heavy atom. The Balaban J connectivity index is 1.25. The largest absolute Gasteiger partial charge is 0.423 e. The molecule has 2 aromatic rings. The SMILES string of the molecule is C[C@@H]1C[C@H]1C(=O)NCCN1CCN(C(=O)c2cccc(-c3nnco3)c2)CC1. The third kappa shape index (κ3) is 4.22. The molecule has 0 radical (unpaired) electrons. The first-order chi connectivity index (χ1) is 13.6. The van der Waals surface area contributed by atoms with Gasteiger partial charge < -0.3 is 14.6 Å². The van der Waals surface area contributed by atoms with Crippen LogP contribution in [0.5, 0.6) is 0 Å². The number of hydrogen-bond acceptors (Lipinski definition) is 6. The van der Waals surface area contributed by atoms with Crippen molar-refractivity contribution in [2.45, 2.75) is 13.3 Å². The van der Waals surface area contributed by atoms with E-state index in [2.05, 4.69) is 27.3 Å². The summed E-state index contributed by atoms with van der Waals surface area (Å²) in [4.78, 5) is 28.9. The lowest BCUT2D eigenvalue weighted by atomic mass is 10.1. The summed E-state index contributed by atoms with van der Waals surface area (Å²) in [5.74, 6) is 1.35. The highest BCUT2D eigenvalue weighted by molar-refractivity contribution is 5.95. The highest BCUT2D eigenvalue weighted by Crippen LogP contribution is 2.37. The molecule has 2 aliphatic rings. The monoisotopic (exact) mass is 383 g/mol. The molecular weight excluding hydrogens is 358 g/mol. The second-order valence-electron chi connectivity index (χ2n) is 7.57. The molecule has 1 aliphatic heterocycles. The van der Waals surface area contributed by atoms with Crippen molar-refractivity contribution in [3.05, 3.63) is 36.2 Å². The molecule has 0 unspecified atom stereocenters. The van der Waals surface area contributed by atoms with E-state index >= 15 is 0 Å². The number of carbonyl (C=O) groups excluding carboxylic acids is 2. The second kappa shape index (κ2) is 8.10. The lowest BCUT2D eigenvalue weighted by Crippen LogP contribution is -2.50. The first kappa shape index (κ1) is 18.6. The van der Waals surface area contributed by atoms with E-state index in [4.69, 9.17) is 4.42 Å². The Hall–Kier alpha value is -2.74. The van der Waals surface area contributed by atoms with E-state index in [1.807, 2.05) is 23.1 Å². The van der Waals surface area contributed by atoms with Gasteiger partial charge in [-0.15, -0.1) is 10.2 Å². The van der Waals surface area contributed by atoms with Crippen LogP contribution >= 0.6 is 0 Å². The van der Waals surface area contributed by atoms with Gasteiger partial charge >= 0.3 is 0 Å². The molecule has 1 saturated heterocycles. The van der Waals surface area contributed by atoms with E-state index < -0.39 is 0 Å². The molecule has 8 nitrogen and oxygen atoms in total. The molecule has 2 atom stereocenters. The Morgan fingerprint density at radius 2 is 2.04 bits per heavy atom. The predicted octanol–water partition coefficient (Wildman–Crippen LogP) is 1.27. The zero-order valence-corrected chi connectivity index (χ0v) is 16.0. The van der Waals surface area contributed by atoms with Crippen molar-refractivity contribution in [1.29, 1.82) is 0 Å². The number of rotatable bonds is 6. The minimum absolute atomic E-state index is 0.0111. The van der Waals surface area contributed by atoms with Crippen molar-refractivity contribution < 1.29 is 14.0 Å². The van der Waals surface area contributed by atoms with Gasteiger partial charge in [0.2, 0.25) is 18.2 Å². The standard InChI is InChI=1S/C20H25N5O3/c1-14-11-17(14)18(26)21-5-6-24-7-9-25(10-8-24)20(27)16-4-2-3-15(12-16)19-23-22-13-28-19/h2-4,12-14,17H,5-11H2,1H3,(H,21,26)/t14-,17-/m1/s1. The van der Waals surface area contributed by atoms with Crippen LogP contribution in [0, 0.1) is 11.8 Å². The summed E-state index contributed by atoms with van der Waals surface area (Å²) in [5, 5.41) is 10.6. The van der Waals surface area contributed by atoms with Gasteiger partial charge in [0.05, 0.1) is 0 Å². The molecule has 1 aliphatic carbocycles. The van der Waals surface area contributed by atoms with Gasteiger partial charge in [-0.3, -0.25) is 14.5 Å². The van der Waals surface area contributed by atoms with E-state index in [0.717, 1.165) is 31.6 Å². The van der Waals surface area contributed by atoms with Crippen LogP contribution in [0.25, 0.3) is 11.5 Å². The number of nitrogens with one attached hydrogen (secondary N) is 1. The van der Waals surface area contributed by atoms with Gasteiger partial charge in [0.1, 0.15) is 0 Å². The van der Waals surface area contributed by atoms with Gasteiger partial charge in [-0.25, -0.2) is 0 Å². The average molecular weight is 383 g/mol. The van der Waals surface area contributed by atoms with Gasteiger partial charge in [0.15, 0.2) is 0 Å². The van der Waals surface area contributed by atoms with Gasteiger partial charge in [-0.05, 0) is 30.5 Å². The maximum absolute atomic E-state index is 12.8. The van der Waals surface area contributed by atoms with Crippen molar-refractivity contribution in [3.63, 3.8) is 0 Å². The molecule has 2 amide bonds. The molecule has 1 N–H and O–H groups in total. The number of nitrogens with zero attached hydrogens (tertiary/aromatic N) is 4. The summed E-state index contributed by atoms with van der Waals surface area (Å²) >= 11 is 0. The summed E-state index contributed by atoms with van der Waals surface area (Å²) in [6.45, 7) is 6.58. The lowest BCUT2D eigenvalue weighted by Gasteiger charge is -2.34. The summed E-state index contributed by atoms with van der Waals surface area (Å²) in [6, 6.07) is 7.27. The fourth-order valence-electron chi connectivity index (χ4n) is 3.60. The molecule has 0 spiro atoms. The number of hydrogen-bond donors (Lipinski definition) is 1. The van der Waals surface area contributed by atoms with Crippen molar-refractivity contribution in [3.8, 4) is 11.5 Å². The molecule has 148 valence electrons. The van der Waals surface area contributed by atoms with Crippen LogP contribution in [-0.2, 0) is 4.79 Å². The van der Waals surface area contributed by atoms with Crippen LogP contribution in [0.1, 0.15) is 23.7 Å².